The fourth-order valence-electron chi connectivity index (χ4n) is 2.71. The fourth-order valence-corrected chi connectivity index (χ4v) is 2.71. The van der Waals surface area contributed by atoms with E-state index in [0.29, 0.717) is 42.9 Å². The van der Waals surface area contributed by atoms with E-state index in [1.54, 1.807) is 28.6 Å². The van der Waals surface area contributed by atoms with Crippen LogP contribution in [0.15, 0.2) is 24.3 Å². The van der Waals surface area contributed by atoms with Crippen LogP contribution in [-0.2, 0) is 16.6 Å². The Labute approximate surface area is 132 Å². The molecule has 1 saturated heterocycles. The molecule has 2 amide bonds. The van der Waals surface area contributed by atoms with Crippen molar-refractivity contribution in [3.63, 3.8) is 0 Å². The van der Waals surface area contributed by atoms with Crippen molar-refractivity contribution in [1.29, 1.82) is 0 Å². The van der Waals surface area contributed by atoms with Gasteiger partial charge < -0.3 is 19.5 Å². The summed E-state index contributed by atoms with van der Waals surface area (Å²) in [5.41, 5.74) is 0.953. The van der Waals surface area contributed by atoms with E-state index in [2.05, 4.69) is 5.32 Å². The zero-order chi connectivity index (χ0) is 16.4. The Balaban J connectivity index is 1.70. The molecule has 6 nitrogen and oxygen atoms in total. The van der Waals surface area contributed by atoms with Crippen LogP contribution < -0.4 is 5.32 Å². The van der Waals surface area contributed by atoms with Gasteiger partial charge in [-0.05, 0) is 18.2 Å². The van der Waals surface area contributed by atoms with Crippen molar-refractivity contribution in [1.82, 2.24) is 14.8 Å². The van der Waals surface area contributed by atoms with Crippen molar-refractivity contribution in [3.8, 4) is 0 Å². The first-order valence-electron chi connectivity index (χ1n) is 7.45. The van der Waals surface area contributed by atoms with Gasteiger partial charge in [0, 0.05) is 25.5 Å². The zero-order valence-electron chi connectivity index (χ0n) is 12.8. The van der Waals surface area contributed by atoms with E-state index in [4.69, 9.17) is 4.74 Å². The summed E-state index contributed by atoms with van der Waals surface area (Å²) in [7, 11) is 1.69. The molecule has 2 aromatic rings. The van der Waals surface area contributed by atoms with E-state index in [-0.39, 0.29) is 18.3 Å². The van der Waals surface area contributed by atoms with Crippen LogP contribution in [0.25, 0.3) is 10.9 Å². The quantitative estimate of drug-likeness (QED) is 0.914. The van der Waals surface area contributed by atoms with Crippen LogP contribution in [0.2, 0.25) is 0 Å². The Bertz CT molecular complexity index is 750. The van der Waals surface area contributed by atoms with E-state index in [0.717, 1.165) is 0 Å². The predicted octanol–water partition coefficient (Wildman–Crippen LogP) is 0.906. The molecule has 1 N–H and O–H groups in total. The highest BCUT2D eigenvalue weighted by atomic mass is 19.1. The molecule has 1 aliphatic heterocycles. The molecule has 0 bridgehead atoms. The number of morpholine rings is 1. The maximum atomic E-state index is 13.8. The SMILES string of the molecule is Cn1c(C(=O)NCC(=O)N2CCOCC2)cc2c(F)cccc21. The van der Waals surface area contributed by atoms with Crippen LogP contribution >= 0.6 is 0 Å². The lowest BCUT2D eigenvalue weighted by atomic mass is 10.2. The van der Waals surface area contributed by atoms with Crippen molar-refractivity contribution in [2.75, 3.05) is 32.8 Å². The predicted molar refractivity (Wildman–Crippen MR) is 82.6 cm³/mol. The van der Waals surface area contributed by atoms with Crippen LogP contribution in [0.5, 0.6) is 0 Å². The van der Waals surface area contributed by atoms with Crippen LogP contribution in [0.4, 0.5) is 4.39 Å². The molecule has 23 heavy (non-hydrogen) atoms. The molecule has 7 heteroatoms. The van der Waals surface area contributed by atoms with E-state index >= 15 is 0 Å². The number of rotatable bonds is 3. The van der Waals surface area contributed by atoms with Crippen molar-refractivity contribution >= 4 is 22.7 Å². The standard InChI is InChI=1S/C16H18FN3O3/c1-19-13-4-2-3-12(17)11(13)9-14(19)16(22)18-10-15(21)20-5-7-23-8-6-20/h2-4,9H,5-8,10H2,1H3,(H,18,22). The molecule has 1 aromatic heterocycles. The number of benzene rings is 1. The van der Waals surface area contributed by atoms with Crippen molar-refractivity contribution in [2.24, 2.45) is 7.05 Å². The Kier molecular flexibility index (Phi) is 4.29. The highest BCUT2D eigenvalue weighted by Crippen LogP contribution is 2.21. The van der Waals surface area contributed by atoms with Crippen LogP contribution in [0.1, 0.15) is 10.5 Å². The average molecular weight is 319 g/mol. The van der Waals surface area contributed by atoms with Gasteiger partial charge >= 0.3 is 0 Å². The first kappa shape index (κ1) is 15.5. The van der Waals surface area contributed by atoms with Gasteiger partial charge in [-0.25, -0.2) is 4.39 Å². The maximum absolute atomic E-state index is 13.8. The monoisotopic (exact) mass is 319 g/mol. The van der Waals surface area contributed by atoms with Crippen molar-refractivity contribution in [3.05, 3.63) is 35.8 Å². The highest BCUT2D eigenvalue weighted by Gasteiger charge is 2.19. The molecule has 0 aliphatic carbocycles. The molecule has 1 aliphatic rings. The smallest absolute Gasteiger partial charge is 0.268 e. The van der Waals surface area contributed by atoms with E-state index < -0.39 is 5.91 Å². The first-order valence-corrected chi connectivity index (χ1v) is 7.45. The Morgan fingerprint density at radius 2 is 2.04 bits per heavy atom. The Morgan fingerprint density at radius 1 is 1.30 bits per heavy atom. The number of aromatic nitrogens is 1. The number of amides is 2. The third kappa shape index (κ3) is 3.05. The van der Waals surface area contributed by atoms with Crippen LogP contribution in [-0.4, -0.2) is 54.1 Å². The minimum Gasteiger partial charge on any atom is -0.378 e. The normalized spacial score (nSPS) is 15.0. The van der Waals surface area contributed by atoms with Crippen LogP contribution in [0, 0.1) is 5.82 Å². The molecule has 0 radical (unpaired) electrons. The van der Waals surface area contributed by atoms with Crippen LogP contribution in [0.3, 0.4) is 0 Å². The second-order valence-corrected chi connectivity index (χ2v) is 5.44. The minimum atomic E-state index is -0.398. The number of hydrogen-bond donors (Lipinski definition) is 1. The number of hydrogen-bond acceptors (Lipinski definition) is 3. The minimum absolute atomic E-state index is 0.0805. The molecule has 2 heterocycles. The second kappa shape index (κ2) is 6.37. The van der Waals surface area contributed by atoms with E-state index in [9.17, 15) is 14.0 Å². The molecule has 122 valence electrons. The lowest BCUT2D eigenvalue weighted by Crippen LogP contribution is -2.45. The van der Waals surface area contributed by atoms with Gasteiger partial charge in [0.1, 0.15) is 11.5 Å². The van der Waals surface area contributed by atoms with Gasteiger partial charge in [-0.15, -0.1) is 0 Å². The molecular weight excluding hydrogens is 301 g/mol. The summed E-state index contributed by atoms with van der Waals surface area (Å²) in [4.78, 5) is 26.0. The molecule has 0 spiro atoms. The Hall–Kier alpha value is -2.41. The third-order valence-electron chi connectivity index (χ3n) is 4.03. The summed E-state index contributed by atoms with van der Waals surface area (Å²) >= 11 is 0. The summed E-state index contributed by atoms with van der Waals surface area (Å²) in [5, 5.41) is 2.99. The lowest BCUT2D eigenvalue weighted by Gasteiger charge is -2.26. The molecule has 0 atom stereocenters. The number of carbonyl (C=O) groups is 2. The molecule has 0 unspecified atom stereocenters. The number of nitrogens with one attached hydrogen (secondary N) is 1. The highest BCUT2D eigenvalue weighted by molar-refractivity contribution is 6.00. The van der Waals surface area contributed by atoms with Gasteiger partial charge in [-0.2, -0.15) is 0 Å². The summed E-state index contributed by atoms with van der Waals surface area (Å²) in [6.45, 7) is 2.02. The molecular formula is C16H18FN3O3. The number of ether oxygens (including phenoxy) is 1. The van der Waals surface area contributed by atoms with Gasteiger partial charge in [-0.3, -0.25) is 9.59 Å². The maximum Gasteiger partial charge on any atom is 0.268 e. The fraction of sp³-hybridized carbons (Fsp3) is 0.375. The molecule has 3 rings (SSSR count). The summed E-state index contributed by atoms with van der Waals surface area (Å²) in [6.07, 6.45) is 0. The number of aryl methyl sites for hydroxylation is 1. The molecule has 1 aromatic carbocycles. The third-order valence-corrected chi connectivity index (χ3v) is 4.03. The van der Waals surface area contributed by atoms with Crippen molar-refractivity contribution < 1.29 is 18.7 Å². The number of halogens is 1. The van der Waals surface area contributed by atoms with E-state index in [1.165, 1.54) is 12.1 Å². The van der Waals surface area contributed by atoms with Gasteiger partial charge in [0.2, 0.25) is 5.91 Å². The number of carbonyl (C=O) groups excluding carboxylic acids is 2. The average Bonchev–Trinajstić information content (AvgIpc) is 2.92. The number of nitrogens with zero attached hydrogens (tertiary/aromatic N) is 2. The molecule has 0 saturated carbocycles. The first-order chi connectivity index (χ1) is 11.1. The second-order valence-electron chi connectivity index (χ2n) is 5.44. The Morgan fingerprint density at radius 3 is 2.74 bits per heavy atom. The summed E-state index contributed by atoms with van der Waals surface area (Å²) < 4.78 is 20.6. The molecule has 1 fully saturated rings. The number of fused-ring (bicyclic) bond motifs is 1. The summed E-state index contributed by atoms with van der Waals surface area (Å²) in [6, 6.07) is 6.20. The van der Waals surface area contributed by atoms with Gasteiger partial charge in [0.15, 0.2) is 0 Å². The van der Waals surface area contributed by atoms with Gasteiger partial charge in [0.05, 0.1) is 25.3 Å². The van der Waals surface area contributed by atoms with Gasteiger partial charge in [0.25, 0.3) is 5.91 Å². The van der Waals surface area contributed by atoms with Gasteiger partial charge in [-0.1, -0.05) is 6.07 Å². The zero-order valence-corrected chi connectivity index (χ0v) is 12.8. The topological polar surface area (TPSA) is 63.6 Å². The largest absolute Gasteiger partial charge is 0.378 e. The van der Waals surface area contributed by atoms with Crippen molar-refractivity contribution in [2.45, 2.75) is 0 Å². The van der Waals surface area contributed by atoms with E-state index in [1.807, 2.05) is 0 Å². The summed E-state index contributed by atoms with van der Waals surface area (Å²) in [5.74, 6) is -0.919. The lowest BCUT2D eigenvalue weighted by molar-refractivity contribution is -0.134.